The van der Waals surface area contributed by atoms with Gasteiger partial charge in [0.2, 0.25) is 0 Å². The van der Waals surface area contributed by atoms with E-state index in [9.17, 15) is 43.2 Å². The van der Waals surface area contributed by atoms with Crippen LogP contribution in [-0.4, -0.2) is 96.7 Å². The summed E-state index contributed by atoms with van der Waals surface area (Å²) in [6.45, 7) is 11.9. The molecule has 0 aliphatic carbocycles. The highest BCUT2D eigenvalue weighted by atomic mass is 31.2. The number of hydrogen-bond acceptors (Lipinski definition) is 15. The summed E-state index contributed by atoms with van der Waals surface area (Å²) in [6.07, 6.45) is 55.7. The van der Waals surface area contributed by atoms with Crippen LogP contribution in [0.5, 0.6) is 0 Å². The molecule has 0 aromatic carbocycles. The molecule has 17 nitrogen and oxygen atoms in total. The summed E-state index contributed by atoms with van der Waals surface area (Å²) in [5.41, 5.74) is 0. The highest BCUT2D eigenvalue weighted by Gasteiger charge is 2.30. The fourth-order valence-corrected chi connectivity index (χ4v) is 13.5. The van der Waals surface area contributed by atoms with E-state index in [0.29, 0.717) is 25.7 Å². The minimum atomic E-state index is -4.96. The zero-order valence-electron chi connectivity index (χ0n) is 63.5. The third-order valence-corrected chi connectivity index (χ3v) is 20.0. The zero-order chi connectivity index (χ0) is 71.6. The summed E-state index contributed by atoms with van der Waals surface area (Å²) in [4.78, 5) is 72.7. The number of carbonyl (C=O) groups is 4. The lowest BCUT2D eigenvalue weighted by Crippen LogP contribution is -2.30. The normalized spacial score (nSPS) is 14.0. The van der Waals surface area contributed by atoms with Gasteiger partial charge in [0.1, 0.15) is 19.3 Å². The van der Waals surface area contributed by atoms with Gasteiger partial charge in [-0.3, -0.25) is 37.3 Å². The maximum absolute atomic E-state index is 13.1. The van der Waals surface area contributed by atoms with Gasteiger partial charge in [-0.2, -0.15) is 0 Å². The van der Waals surface area contributed by atoms with Crippen LogP contribution >= 0.6 is 15.6 Å². The van der Waals surface area contributed by atoms with Gasteiger partial charge in [-0.25, -0.2) is 9.13 Å². The predicted octanol–water partition coefficient (Wildman–Crippen LogP) is 23.0. The molecule has 0 aromatic rings. The number of phosphoric ester groups is 2. The summed E-state index contributed by atoms with van der Waals surface area (Å²) < 4.78 is 68.5. The van der Waals surface area contributed by atoms with Crippen LogP contribution in [0.2, 0.25) is 0 Å². The Labute approximate surface area is 594 Å². The van der Waals surface area contributed by atoms with Gasteiger partial charge in [-0.15, -0.1) is 0 Å². The molecular weight excluding hydrogens is 1270 g/mol. The van der Waals surface area contributed by atoms with Gasteiger partial charge in [0.15, 0.2) is 12.2 Å². The Morgan fingerprint density at radius 3 is 0.701 bits per heavy atom. The number of aliphatic hydroxyl groups is 1. The Hall–Kier alpha value is -1.94. The van der Waals surface area contributed by atoms with Crippen molar-refractivity contribution < 1.29 is 80.2 Å². The van der Waals surface area contributed by atoms with Gasteiger partial charge in [-0.1, -0.05) is 350 Å². The predicted molar refractivity (Wildman–Crippen MR) is 395 cm³/mol. The first kappa shape index (κ1) is 95.1. The van der Waals surface area contributed by atoms with Crippen molar-refractivity contribution in [2.75, 3.05) is 39.6 Å². The first-order valence-corrected chi connectivity index (χ1v) is 43.3. The van der Waals surface area contributed by atoms with E-state index >= 15 is 0 Å². The zero-order valence-corrected chi connectivity index (χ0v) is 65.3. The second-order valence-corrected chi connectivity index (χ2v) is 32.4. The Morgan fingerprint density at radius 1 is 0.278 bits per heavy atom. The number of esters is 4. The molecule has 0 aromatic heterocycles. The van der Waals surface area contributed by atoms with Crippen molar-refractivity contribution in [3.05, 3.63) is 0 Å². The number of carbonyl (C=O) groups excluding carboxylic acids is 4. The summed E-state index contributed by atoms with van der Waals surface area (Å²) in [7, 11) is -9.91. The maximum atomic E-state index is 13.1. The first-order valence-electron chi connectivity index (χ1n) is 40.3. The molecule has 5 atom stereocenters. The molecule has 0 saturated heterocycles. The van der Waals surface area contributed by atoms with Gasteiger partial charge in [0.25, 0.3) is 0 Å². The molecule has 0 radical (unpaired) electrons. The molecule has 0 bridgehead atoms. The van der Waals surface area contributed by atoms with Crippen molar-refractivity contribution in [3.63, 3.8) is 0 Å². The summed E-state index contributed by atoms with van der Waals surface area (Å²) >= 11 is 0. The molecule has 0 spiro atoms. The molecule has 0 aliphatic rings. The fraction of sp³-hybridized carbons (Fsp3) is 0.949. The van der Waals surface area contributed by atoms with Gasteiger partial charge in [-0.05, 0) is 43.4 Å². The summed E-state index contributed by atoms with van der Waals surface area (Å²) in [6, 6.07) is 0. The molecule has 0 heterocycles. The van der Waals surface area contributed by atoms with Crippen molar-refractivity contribution in [3.8, 4) is 0 Å². The number of unbranched alkanes of at least 4 members (excludes halogenated alkanes) is 44. The van der Waals surface area contributed by atoms with Crippen molar-refractivity contribution in [1.29, 1.82) is 0 Å². The second kappa shape index (κ2) is 68.5. The van der Waals surface area contributed by atoms with Crippen LogP contribution in [0.1, 0.15) is 402 Å². The van der Waals surface area contributed by atoms with Crippen LogP contribution in [0.15, 0.2) is 0 Å². The van der Waals surface area contributed by atoms with E-state index in [1.807, 2.05) is 0 Å². The van der Waals surface area contributed by atoms with E-state index in [1.54, 1.807) is 0 Å². The lowest BCUT2D eigenvalue weighted by Gasteiger charge is -2.21. The van der Waals surface area contributed by atoms with Crippen LogP contribution in [0.3, 0.4) is 0 Å². The molecule has 0 rings (SSSR count). The quantitative estimate of drug-likeness (QED) is 0.0222. The third-order valence-electron chi connectivity index (χ3n) is 18.1. The summed E-state index contributed by atoms with van der Waals surface area (Å²) in [5.74, 6) is 0.244. The van der Waals surface area contributed by atoms with Crippen molar-refractivity contribution in [2.24, 2.45) is 17.8 Å². The Morgan fingerprint density at radius 2 is 0.474 bits per heavy atom. The molecule has 19 heteroatoms. The molecule has 3 N–H and O–H groups in total. The number of hydrogen-bond donors (Lipinski definition) is 3. The highest BCUT2D eigenvalue weighted by molar-refractivity contribution is 7.47. The lowest BCUT2D eigenvalue weighted by atomic mass is 10.0. The SMILES string of the molecule is CCCCCCCCCC(=O)OC[C@H](COP(=O)(O)OC[C@H](O)COP(=O)(O)OC[C@@H](COC(=O)CCCCCCCCCCCCCCCC(C)C)OC(=O)CCCCCCCCCCCCCCCCCCCCC(C)C)OC(=O)CCCCCCCCCCCCC(C)C. The smallest absolute Gasteiger partial charge is 0.462 e. The van der Waals surface area contributed by atoms with Gasteiger partial charge >= 0.3 is 39.5 Å². The van der Waals surface area contributed by atoms with Crippen molar-refractivity contribution in [1.82, 2.24) is 0 Å². The van der Waals surface area contributed by atoms with E-state index in [4.69, 9.17) is 37.0 Å². The van der Waals surface area contributed by atoms with Crippen LogP contribution < -0.4 is 0 Å². The molecule has 0 amide bonds. The third kappa shape index (κ3) is 72.2. The first-order chi connectivity index (χ1) is 46.7. The van der Waals surface area contributed by atoms with E-state index < -0.39 is 97.5 Å². The Balaban J connectivity index is 5.17. The standard InChI is InChI=1S/C78H152O17P2/c1-8-9-10-11-35-45-52-59-75(80)88-65-73(94-78(83)62-55-48-41-34-28-27-31-38-44-51-58-71(6)7)67-92-96(84,85)90-63-72(79)64-91-97(86,87)93-68-74(66-89-76(81)60-53-46-39-32-25-22-18-20-24-30-37-43-50-57-70(4)5)95-77(82)61-54-47-40-33-26-21-17-15-13-12-14-16-19-23-29-36-42-49-56-69(2)3/h69-74,79H,8-68H2,1-7H3,(H,84,85)(H,86,87)/t72-,73+,74+/m0/s1. The van der Waals surface area contributed by atoms with Gasteiger partial charge in [0, 0.05) is 25.7 Å². The molecule has 97 heavy (non-hydrogen) atoms. The van der Waals surface area contributed by atoms with Crippen LogP contribution in [0.25, 0.3) is 0 Å². The minimum Gasteiger partial charge on any atom is -0.462 e. The topological polar surface area (TPSA) is 237 Å². The van der Waals surface area contributed by atoms with Crippen LogP contribution in [0, 0.1) is 17.8 Å². The van der Waals surface area contributed by atoms with E-state index in [0.717, 1.165) is 120 Å². The maximum Gasteiger partial charge on any atom is 0.472 e. The van der Waals surface area contributed by atoms with Crippen molar-refractivity contribution in [2.45, 2.75) is 420 Å². The molecule has 0 saturated carbocycles. The summed E-state index contributed by atoms with van der Waals surface area (Å²) in [5, 5.41) is 10.6. The lowest BCUT2D eigenvalue weighted by molar-refractivity contribution is -0.161. The van der Waals surface area contributed by atoms with Gasteiger partial charge in [0.05, 0.1) is 26.4 Å². The number of aliphatic hydroxyl groups excluding tert-OH is 1. The van der Waals surface area contributed by atoms with Crippen molar-refractivity contribution >= 4 is 39.5 Å². The molecule has 2 unspecified atom stereocenters. The molecule has 0 fully saturated rings. The largest absolute Gasteiger partial charge is 0.472 e. The van der Waals surface area contributed by atoms with E-state index in [-0.39, 0.29) is 25.7 Å². The Bertz CT molecular complexity index is 1890. The fourth-order valence-electron chi connectivity index (χ4n) is 12.0. The van der Waals surface area contributed by atoms with Gasteiger partial charge < -0.3 is 33.8 Å². The molecular formula is C78H152O17P2. The molecule has 576 valence electrons. The Kier molecular flexibility index (Phi) is 67.1. The average molecular weight is 1420 g/mol. The van der Waals surface area contributed by atoms with Crippen LogP contribution in [0.4, 0.5) is 0 Å². The number of ether oxygens (including phenoxy) is 4. The van der Waals surface area contributed by atoms with Crippen LogP contribution in [-0.2, 0) is 65.4 Å². The minimum absolute atomic E-state index is 0.105. The van der Waals surface area contributed by atoms with E-state index in [1.165, 1.54) is 199 Å². The van der Waals surface area contributed by atoms with E-state index in [2.05, 4.69) is 48.5 Å². The number of phosphoric acid groups is 2. The number of rotatable bonds is 76. The average Bonchev–Trinajstić information content (AvgIpc) is 1.08. The highest BCUT2D eigenvalue weighted by Crippen LogP contribution is 2.45. The monoisotopic (exact) mass is 1420 g/mol. The molecule has 0 aliphatic heterocycles. The second-order valence-electron chi connectivity index (χ2n) is 29.5.